The normalized spacial score (nSPS) is 25.2. The molecule has 3 N–H and O–H groups in total. The molecule has 1 saturated carbocycles. The van der Waals surface area contributed by atoms with Crippen molar-refractivity contribution >= 4 is 5.91 Å². The van der Waals surface area contributed by atoms with Crippen LogP contribution in [0.4, 0.5) is 0 Å². The zero-order chi connectivity index (χ0) is 14.8. The lowest BCUT2D eigenvalue weighted by molar-refractivity contribution is 0.0729. The molecule has 0 spiro atoms. The second-order valence-corrected chi connectivity index (χ2v) is 6.05. The lowest BCUT2D eigenvalue weighted by Crippen LogP contribution is -2.41. The highest BCUT2D eigenvalue weighted by Crippen LogP contribution is 2.38. The number of rotatable bonds is 6. The molecular formula is C15H24N4O2. The first-order chi connectivity index (χ1) is 10.2. The summed E-state index contributed by atoms with van der Waals surface area (Å²) in [5, 5.41) is 7.42. The van der Waals surface area contributed by atoms with Crippen LogP contribution >= 0.6 is 0 Å². The van der Waals surface area contributed by atoms with Crippen molar-refractivity contribution in [3.8, 4) is 0 Å². The van der Waals surface area contributed by atoms with Gasteiger partial charge in [0, 0.05) is 18.8 Å². The SMILES string of the molecule is Cc1c(C(=O)NC2CCOC2C2CC2)cnn1CCCN. The first-order valence-electron chi connectivity index (χ1n) is 7.85. The van der Waals surface area contributed by atoms with Crippen LogP contribution in [0.2, 0.25) is 0 Å². The van der Waals surface area contributed by atoms with Gasteiger partial charge in [-0.3, -0.25) is 9.48 Å². The fourth-order valence-corrected chi connectivity index (χ4v) is 3.04. The van der Waals surface area contributed by atoms with Crippen LogP contribution in [0.1, 0.15) is 41.7 Å². The van der Waals surface area contributed by atoms with Crippen molar-refractivity contribution in [2.45, 2.75) is 51.3 Å². The van der Waals surface area contributed by atoms with Crippen LogP contribution in [0.15, 0.2) is 6.20 Å². The summed E-state index contributed by atoms with van der Waals surface area (Å²) in [6.07, 6.45) is 6.10. The van der Waals surface area contributed by atoms with E-state index in [0.29, 0.717) is 18.0 Å². The zero-order valence-corrected chi connectivity index (χ0v) is 12.5. The number of carbonyl (C=O) groups excluding carboxylic acids is 1. The molecule has 2 atom stereocenters. The number of hydrogen-bond acceptors (Lipinski definition) is 4. The molecule has 0 aromatic carbocycles. The minimum atomic E-state index is -0.0346. The van der Waals surface area contributed by atoms with E-state index in [1.165, 1.54) is 12.8 Å². The number of hydrogen-bond donors (Lipinski definition) is 2. The first-order valence-corrected chi connectivity index (χ1v) is 7.85. The molecule has 1 amide bonds. The molecular weight excluding hydrogens is 268 g/mol. The highest BCUT2D eigenvalue weighted by Gasteiger charge is 2.41. The molecule has 1 aliphatic heterocycles. The lowest BCUT2D eigenvalue weighted by atomic mass is 10.1. The van der Waals surface area contributed by atoms with Gasteiger partial charge in [-0.2, -0.15) is 5.10 Å². The van der Waals surface area contributed by atoms with Crippen molar-refractivity contribution in [1.29, 1.82) is 0 Å². The third-order valence-electron chi connectivity index (χ3n) is 4.46. The highest BCUT2D eigenvalue weighted by atomic mass is 16.5. The van der Waals surface area contributed by atoms with E-state index in [-0.39, 0.29) is 18.1 Å². The summed E-state index contributed by atoms with van der Waals surface area (Å²) in [6, 6.07) is 0.150. The van der Waals surface area contributed by atoms with Crippen LogP contribution in [0.25, 0.3) is 0 Å². The molecule has 1 saturated heterocycles. The molecule has 6 nitrogen and oxygen atoms in total. The molecule has 21 heavy (non-hydrogen) atoms. The minimum absolute atomic E-state index is 0.0346. The topological polar surface area (TPSA) is 82.2 Å². The predicted molar refractivity (Wildman–Crippen MR) is 79.0 cm³/mol. The summed E-state index contributed by atoms with van der Waals surface area (Å²) in [5.41, 5.74) is 7.08. The Kier molecular flexibility index (Phi) is 4.26. The fraction of sp³-hybridized carbons (Fsp3) is 0.733. The highest BCUT2D eigenvalue weighted by molar-refractivity contribution is 5.95. The molecule has 6 heteroatoms. The fourth-order valence-electron chi connectivity index (χ4n) is 3.04. The molecule has 116 valence electrons. The van der Waals surface area contributed by atoms with Crippen LogP contribution in [-0.2, 0) is 11.3 Å². The van der Waals surface area contributed by atoms with Crippen LogP contribution in [0, 0.1) is 12.8 Å². The average molecular weight is 292 g/mol. The van der Waals surface area contributed by atoms with Crippen molar-refractivity contribution in [1.82, 2.24) is 15.1 Å². The third kappa shape index (κ3) is 3.11. The maximum Gasteiger partial charge on any atom is 0.255 e. The number of carbonyl (C=O) groups is 1. The summed E-state index contributed by atoms with van der Waals surface area (Å²) in [7, 11) is 0. The Morgan fingerprint density at radius 1 is 1.52 bits per heavy atom. The summed E-state index contributed by atoms with van der Waals surface area (Å²) < 4.78 is 7.62. The lowest BCUT2D eigenvalue weighted by Gasteiger charge is -2.19. The van der Waals surface area contributed by atoms with E-state index in [2.05, 4.69) is 10.4 Å². The molecule has 0 radical (unpaired) electrons. The second kappa shape index (κ2) is 6.15. The van der Waals surface area contributed by atoms with Crippen molar-refractivity contribution in [3.05, 3.63) is 17.5 Å². The molecule has 3 rings (SSSR count). The molecule has 1 aromatic rings. The number of nitrogens with one attached hydrogen (secondary N) is 1. The minimum Gasteiger partial charge on any atom is -0.376 e. The Morgan fingerprint density at radius 2 is 2.33 bits per heavy atom. The van der Waals surface area contributed by atoms with Crippen molar-refractivity contribution in [2.75, 3.05) is 13.2 Å². The summed E-state index contributed by atoms with van der Waals surface area (Å²) in [6.45, 7) is 4.07. The van der Waals surface area contributed by atoms with Crippen LogP contribution in [-0.4, -0.2) is 41.0 Å². The van der Waals surface area contributed by atoms with Gasteiger partial charge in [0.1, 0.15) is 0 Å². The Hall–Kier alpha value is -1.40. The van der Waals surface area contributed by atoms with E-state index < -0.39 is 0 Å². The van der Waals surface area contributed by atoms with Crippen LogP contribution in [0.3, 0.4) is 0 Å². The van der Waals surface area contributed by atoms with Gasteiger partial charge in [0.05, 0.1) is 23.9 Å². The summed E-state index contributed by atoms with van der Waals surface area (Å²) in [5.74, 6) is 0.610. The monoisotopic (exact) mass is 292 g/mol. The van der Waals surface area contributed by atoms with Crippen molar-refractivity contribution < 1.29 is 9.53 Å². The van der Waals surface area contributed by atoms with Crippen LogP contribution in [0.5, 0.6) is 0 Å². The van der Waals surface area contributed by atoms with E-state index in [0.717, 1.165) is 31.7 Å². The van der Waals surface area contributed by atoms with Gasteiger partial charge in [0.15, 0.2) is 0 Å². The largest absolute Gasteiger partial charge is 0.376 e. The van der Waals surface area contributed by atoms with Gasteiger partial charge in [-0.15, -0.1) is 0 Å². The van der Waals surface area contributed by atoms with Gasteiger partial charge < -0.3 is 15.8 Å². The Balaban J connectivity index is 1.63. The number of nitrogens with two attached hydrogens (primary N) is 1. The van der Waals surface area contributed by atoms with Gasteiger partial charge in [0.2, 0.25) is 0 Å². The number of aryl methyl sites for hydroxylation is 1. The van der Waals surface area contributed by atoms with Gasteiger partial charge in [-0.25, -0.2) is 0 Å². The molecule has 2 fully saturated rings. The Labute approximate surface area is 125 Å². The quantitative estimate of drug-likeness (QED) is 0.814. The maximum atomic E-state index is 12.5. The number of nitrogens with zero attached hydrogens (tertiary/aromatic N) is 2. The standard InChI is InChI=1S/C15H24N4O2/c1-10-12(9-17-19(10)7-2-6-16)15(20)18-13-5-8-21-14(13)11-3-4-11/h9,11,13-14H,2-8,16H2,1H3,(H,18,20). The van der Waals surface area contributed by atoms with Gasteiger partial charge in [-0.05, 0) is 45.1 Å². The van der Waals surface area contributed by atoms with Crippen molar-refractivity contribution in [2.24, 2.45) is 11.7 Å². The Bertz CT molecular complexity index is 510. The van der Waals surface area contributed by atoms with E-state index in [9.17, 15) is 4.79 Å². The molecule has 2 aliphatic rings. The molecule has 0 bridgehead atoms. The molecule has 1 aromatic heterocycles. The molecule has 1 aliphatic carbocycles. The maximum absolute atomic E-state index is 12.5. The number of aromatic nitrogens is 2. The van der Waals surface area contributed by atoms with Crippen molar-refractivity contribution in [3.63, 3.8) is 0 Å². The van der Waals surface area contributed by atoms with E-state index >= 15 is 0 Å². The smallest absolute Gasteiger partial charge is 0.255 e. The third-order valence-corrected chi connectivity index (χ3v) is 4.46. The van der Waals surface area contributed by atoms with E-state index in [1.54, 1.807) is 6.20 Å². The zero-order valence-electron chi connectivity index (χ0n) is 12.5. The number of ether oxygens (including phenoxy) is 1. The number of amides is 1. The van der Waals surface area contributed by atoms with Gasteiger partial charge in [-0.1, -0.05) is 0 Å². The Morgan fingerprint density at radius 3 is 3.05 bits per heavy atom. The van der Waals surface area contributed by atoms with E-state index in [4.69, 9.17) is 10.5 Å². The van der Waals surface area contributed by atoms with Gasteiger partial charge in [0.25, 0.3) is 5.91 Å². The first kappa shape index (κ1) is 14.5. The van der Waals surface area contributed by atoms with Gasteiger partial charge >= 0.3 is 0 Å². The molecule has 2 unspecified atom stereocenters. The second-order valence-electron chi connectivity index (χ2n) is 6.05. The van der Waals surface area contributed by atoms with E-state index in [1.807, 2.05) is 11.6 Å². The summed E-state index contributed by atoms with van der Waals surface area (Å²) >= 11 is 0. The van der Waals surface area contributed by atoms with Crippen LogP contribution < -0.4 is 11.1 Å². The predicted octanol–water partition coefficient (Wildman–Crippen LogP) is 0.838. The molecule has 2 heterocycles. The average Bonchev–Trinajstić information content (AvgIpc) is 3.11. The summed E-state index contributed by atoms with van der Waals surface area (Å²) in [4.78, 5) is 12.5.